The van der Waals surface area contributed by atoms with Crippen molar-refractivity contribution in [3.05, 3.63) is 53.6 Å². The molecule has 0 bridgehead atoms. The SMILES string of the molecule is COc1ccc(/C=C/C(=O)Nc2cccc(C)c2)c(OC)c1OC. The van der Waals surface area contributed by atoms with Crippen LogP contribution in [0.3, 0.4) is 0 Å². The normalized spacial score (nSPS) is 10.5. The topological polar surface area (TPSA) is 56.8 Å². The van der Waals surface area contributed by atoms with Gasteiger partial charge in [0.2, 0.25) is 11.7 Å². The van der Waals surface area contributed by atoms with E-state index in [9.17, 15) is 4.79 Å². The van der Waals surface area contributed by atoms with Gasteiger partial charge in [-0.25, -0.2) is 0 Å². The highest BCUT2D eigenvalue weighted by atomic mass is 16.5. The number of aryl methyl sites for hydroxylation is 1. The number of hydrogen-bond acceptors (Lipinski definition) is 4. The number of carbonyl (C=O) groups excluding carboxylic acids is 1. The second-order valence-corrected chi connectivity index (χ2v) is 5.12. The molecule has 0 aliphatic rings. The monoisotopic (exact) mass is 327 g/mol. The Labute approximate surface area is 141 Å². The number of hydrogen-bond donors (Lipinski definition) is 1. The lowest BCUT2D eigenvalue weighted by molar-refractivity contribution is -0.111. The maximum Gasteiger partial charge on any atom is 0.248 e. The number of amides is 1. The summed E-state index contributed by atoms with van der Waals surface area (Å²) in [5.41, 5.74) is 2.55. The molecule has 0 unspecified atom stereocenters. The van der Waals surface area contributed by atoms with Gasteiger partial charge in [-0.3, -0.25) is 4.79 Å². The summed E-state index contributed by atoms with van der Waals surface area (Å²) in [4.78, 5) is 12.1. The van der Waals surface area contributed by atoms with Crippen molar-refractivity contribution in [3.8, 4) is 17.2 Å². The van der Waals surface area contributed by atoms with Crippen LogP contribution in [0.4, 0.5) is 5.69 Å². The maximum atomic E-state index is 12.1. The molecule has 5 heteroatoms. The van der Waals surface area contributed by atoms with E-state index in [1.165, 1.54) is 13.2 Å². The number of carbonyl (C=O) groups is 1. The number of anilines is 1. The van der Waals surface area contributed by atoms with Gasteiger partial charge < -0.3 is 19.5 Å². The third kappa shape index (κ3) is 4.07. The second-order valence-electron chi connectivity index (χ2n) is 5.12. The summed E-state index contributed by atoms with van der Waals surface area (Å²) >= 11 is 0. The minimum absolute atomic E-state index is 0.225. The third-order valence-corrected chi connectivity index (χ3v) is 3.43. The Morgan fingerprint density at radius 2 is 1.75 bits per heavy atom. The van der Waals surface area contributed by atoms with E-state index in [1.807, 2.05) is 31.2 Å². The van der Waals surface area contributed by atoms with Crippen LogP contribution >= 0.6 is 0 Å². The van der Waals surface area contributed by atoms with Crippen LogP contribution in [0.5, 0.6) is 17.2 Å². The predicted molar refractivity (Wildman–Crippen MR) is 94.9 cm³/mol. The van der Waals surface area contributed by atoms with Crippen molar-refractivity contribution in [2.24, 2.45) is 0 Å². The molecule has 5 nitrogen and oxygen atoms in total. The molecular weight excluding hydrogens is 306 g/mol. The lowest BCUT2D eigenvalue weighted by Gasteiger charge is -2.14. The molecule has 2 rings (SSSR count). The van der Waals surface area contributed by atoms with Gasteiger partial charge in [0.05, 0.1) is 21.3 Å². The van der Waals surface area contributed by atoms with E-state index in [2.05, 4.69) is 5.32 Å². The highest BCUT2D eigenvalue weighted by Gasteiger charge is 2.14. The van der Waals surface area contributed by atoms with Crippen LogP contribution in [-0.4, -0.2) is 27.2 Å². The summed E-state index contributed by atoms with van der Waals surface area (Å²) in [5, 5.41) is 2.82. The van der Waals surface area contributed by atoms with Gasteiger partial charge in [0.1, 0.15) is 0 Å². The fourth-order valence-electron chi connectivity index (χ4n) is 2.33. The first-order valence-electron chi connectivity index (χ1n) is 7.43. The largest absolute Gasteiger partial charge is 0.493 e. The molecular formula is C19H21NO4. The summed E-state index contributed by atoms with van der Waals surface area (Å²) in [7, 11) is 4.64. The second kappa shape index (κ2) is 8.06. The molecule has 0 heterocycles. The predicted octanol–water partition coefficient (Wildman–Crippen LogP) is 3.67. The van der Waals surface area contributed by atoms with Crippen LogP contribution < -0.4 is 19.5 Å². The van der Waals surface area contributed by atoms with E-state index in [0.29, 0.717) is 17.2 Å². The Bertz CT molecular complexity index is 753. The zero-order valence-corrected chi connectivity index (χ0v) is 14.3. The Balaban J connectivity index is 2.20. The van der Waals surface area contributed by atoms with Gasteiger partial charge in [-0.05, 0) is 42.8 Å². The van der Waals surface area contributed by atoms with E-state index < -0.39 is 0 Å². The molecule has 0 fully saturated rings. The molecule has 126 valence electrons. The maximum absolute atomic E-state index is 12.1. The van der Waals surface area contributed by atoms with Crippen molar-refractivity contribution in [1.82, 2.24) is 0 Å². The van der Waals surface area contributed by atoms with Crippen molar-refractivity contribution in [2.45, 2.75) is 6.92 Å². The van der Waals surface area contributed by atoms with Crippen LogP contribution in [0.2, 0.25) is 0 Å². The molecule has 0 atom stereocenters. The van der Waals surface area contributed by atoms with E-state index in [1.54, 1.807) is 32.4 Å². The number of nitrogens with one attached hydrogen (secondary N) is 1. The molecule has 0 saturated heterocycles. The van der Waals surface area contributed by atoms with Crippen LogP contribution in [-0.2, 0) is 4.79 Å². The van der Waals surface area contributed by atoms with Crippen LogP contribution in [0.1, 0.15) is 11.1 Å². The number of benzene rings is 2. The Hall–Kier alpha value is -2.95. The quantitative estimate of drug-likeness (QED) is 0.823. The Kier molecular flexibility index (Phi) is 5.84. The Morgan fingerprint density at radius 3 is 2.38 bits per heavy atom. The fraction of sp³-hybridized carbons (Fsp3) is 0.211. The molecule has 1 amide bonds. The standard InChI is InChI=1S/C19H21NO4/c1-13-6-5-7-15(12-13)20-17(21)11-9-14-8-10-16(22-2)19(24-4)18(14)23-3/h5-12H,1-4H3,(H,20,21)/b11-9+. The van der Waals surface area contributed by atoms with Crippen LogP contribution in [0, 0.1) is 6.92 Å². The van der Waals surface area contributed by atoms with Gasteiger partial charge in [-0.2, -0.15) is 0 Å². The number of methoxy groups -OCH3 is 3. The first kappa shape index (κ1) is 17.4. The average molecular weight is 327 g/mol. The van der Waals surface area contributed by atoms with E-state index in [0.717, 1.165) is 16.8 Å². The lowest BCUT2D eigenvalue weighted by Crippen LogP contribution is -2.07. The summed E-state index contributed by atoms with van der Waals surface area (Å²) in [6.07, 6.45) is 3.12. The molecule has 1 N–H and O–H groups in total. The van der Waals surface area contributed by atoms with E-state index >= 15 is 0 Å². The molecule has 0 aliphatic heterocycles. The molecule has 0 aromatic heterocycles. The van der Waals surface area contributed by atoms with Gasteiger partial charge in [-0.15, -0.1) is 0 Å². The highest BCUT2D eigenvalue weighted by molar-refractivity contribution is 6.02. The van der Waals surface area contributed by atoms with Gasteiger partial charge in [0.15, 0.2) is 11.5 Å². The molecule has 2 aromatic rings. The van der Waals surface area contributed by atoms with Crippen molar-refractivity contribution in [1.29, 1.82) is 0 Å². The summed E-state index contributed by atoms with van der Waals surface area (Å²) < 4.78 is 16.0. The van der Waals surface area contributed by atoms with Crippen molar-refractivity contribution < 1.29 is 19.0 Å². The molecule has 24 heavy (non-hydrogen) atoms. The molecule has 0 radical (unpaired) electrons. The zero-order valence-electron chi connectivity index (χ0n) is 14.3. The van der Waals surface area contributed by atoms with Crippen LogP contribution in [0.25, 0.3) is 6.08 Å². The molecule has 2 aromatic carbocycles. The van der Waals surface area contributed by atoms with E-state index in [4.69, 9.17) is 14.2 Å². The minimum Gasteiger partial charge on any atom is -0.493 e. The number of ether oxygens (including phenoxy) is 3. The van der Waals surface area contributed by atoms with Crippen LogP contribution in [0.15, 0.2) is 42.5 Å². The lowest BCUT2D eigenvalue weighted by atomic mass is 10.1. The van der Waals surface area contributed by atoms with Gasteiger partial charge in [-0.1, -0.05) is 12.1 Å². The summed E-state index contributed by atoms with van der Waals surface area (Å²) in [6.45, 7) is 1.97. The molecule has 0 spiro atoms. The van der Waals surface area contributed by atoms with Crippen molar-refractivity contribution >= 4 is 17.7 Å². The number of rotatable bonds is 6. The first-order chi connectivity index (χ1) is 11.6. The van der Waals surface area contributed by atoms with Gasteiger partial charge >= 0.3 is 0 Å². The van der Waals surface area contributed by atoms with Crippen molar-refractivity contribution in [2.75, 3.05) is 26.6 Å². The van der Waals surface area contributed by atoms with Gasteiger partial charge in [0.25, 0.3) is 0 Å². The van der Waals surface area contributed by atoms with E-state index in [-0.39, 0.29) is 5.91 Å². The smallest absolute Gasteiger partial charge is 0.248 e. The van der Waals surface area contributed by atoms with Crippen molar-refractivity contribution in [3.63, 3.8) is 0 Å². The summed E-state index contributed by atoms with van der Waals surface area (Å²) in [6, 6.07) is 11.2. The molecule has 0 saturated carbocycles. The Morgan fingerprint density at radius 1 is 1.00 bits per heavy atom. The first-order valence-corrected chi connectivity index (χ1v) is 7.43. The fourth-order valence-corrected chi connectivity index (χ4v) is 2.33. The third-order valence-electron chi connectivity index (χ3n) is 3.43. The van der Waals surface area contributed by atoms with Gasteiger partial charge in [0, 0.05) is 17.3 Å². The molecule has 0 aliphatic carbocycles. The minimum atomic E-state index is -0.225. The average Bonchev–Trinajstić information content (AvgIpc) is 2.58. The zero-order chi connectivity index (χ0) is 17.5. The summed E-state index contributed by atoms with van der Waals surface area (Å²) in [5.74, 6) is 1.34. The highest BCUT2D eigenvalue weighted by Crippen LogP contribution is 2.40.